The van der Waals surface area contributed by atoms with E-state index in [-0.39, 0.29) is 17.5 Å². The number of aliphatic hydroxyl groups excluding tert-OH is 1. The van der Waals surface area contributed by atoms with Crippen LogP contribution in [0.15, 0.2) is 6.33 Å². The van der Waals surface area contributed by atoms with Gasteiger partial charge in [0.15, 0.2) is 10.8 Å². The maximum Gasteiger partial charge on any atom is 0.223 e. The van der Waals surface area contributed by atoms with E-state index in [0.29, 0.717) is 28.2 Å². The van der Waals surface area contributed by atoms with Crippen molar-refractivity contribution in [3.05, 3.63) is 11.5 Å². The highest BCUT2D eigenvalue weighted by molar-refractivity contribution is 6.33. The van der Waals surface area contributed by atoms with Gasteiger partial charge >= 0.3 is 0 Å². The quantitative estimate of drug-likeness (QED) is 0.844. The van der Waals surface area contributed by atoms with Gasteiger partial charge in [-0.3, -0.25) is 0 Å². The van der Waals surface area contributed by atoms with E-state index in [9.17, 15) is 5.11 Å². The lowest BCUT2D eigenvalue weighted by atomic mass is 9.52. The number of aromatic nitrogens is 4. The SMILES string of the molecule is C[C@@H](O)[C@@H]1C[C@H](CCn2cnc3c(Cl)nc(N)nc32)C1(C)C. The number of aryl methyl sites for hydroxylation is 1. The number of halogens is 1. The lowest BCUT2D eigenvalue weighted by Gasteiger charge is -2.54. The Morgan fingerprint density at radius 2 is 2.23 bits per heavy atom. The Morgan fingerprint density at radius 1 is 1.50 bits per heavy atom. The number of fused-ring (bicyclic) bond motifs is 1. The number of imidazole rings is 1. The Balaban J connectivity index is 1.73. The minimum Gasteiger partial charge on any atom is -0.393 e. The summed E-state index contributed by atoms with van der Waals surface area (Å²) in [5, 5.41) is 10.1. The molecule has 1 fully saturated rings. The van der Waals surface area contributed by atoms with Crippen LogP contribution in [0.2, 0.25) is 5.15 Å². The lowest BCUT2D eigenvalue weighted by molar-refractivity contribution is -0.0917. The number of anilines is 1. The lowest BCUT2D eigenvalue weighted by Crippen LogP contribution is -2.49. The fourth-order valence-corrected chi connectivity index (χ4v) is 3.97. The van der Waals surface area contributed by atoms with Crippen molar-refractivity contribution in [1.82, 2.24) is 19.5 Å². The van der Waals surface area contributed by atoms with Crippen molar-refractivity contribution in [3.8, 4) is 0 Å². The van der Waals surface area contributed by atoms with Crippen molar-refractivity contribution in [3.63, 3.8) is 0 Å². The largest absolute Gasteiger partial charge is 0.393 e. The van der Waals surface area contributed by atoms with Crippen LogP contribution in [0.25, 0.3) is 11.2 Å². The van der Waals surface area contributed by atoms with Gasteiger partial charge in [-0.05, 0) is 37.0 Å². The van der Waals surface area contributed by atoms with Gasteiger partial charge in [-0.2, -0.15) is 9.97 Å². The van der Waals surface area contributed by atoms with Crippen LogP contribution >= 0.6 is 11.6 Å². The Labute approximate surface area is 134 Å². The molecule has 6 nitrogen and oxygen atoms in total. The molecule has 2 heterocycles. The number of aliphatic hydroxyl groups is 1. The molecule has 7 heteroatoms. The summed E-state index contributed by atoms with van der Waals surface area (Å²) in [6.07, 6.45) is 3.58. The summed E-state index contributed by atoms with van der Waals surface area (Å²) in [4.78, 5) is 12.4. The summed E-state index contributed by atoms with van der Waals surface area (Å²) >= 11 is 6.04. The van der Waals surface area contributed by atoms with Gasteiger partial charge in [-0.1, -0.05) is 25.4 Å². The number of hydrogen-bond acceptors (Lipinski definition) is 5. The van der Waals surface area contributed by atoms with Gasteiger partial charge in [0.1, 0.15) is 5.52 Å². The van der Waals surface area contributed by atoms with Crippen molar-refractivity contribution in [1.29, 1.82) is 0 Å². The summed E-state index contributed by atoms with van der Waals surface area (Å²) in [7, 11) is 0. The molecule has 0 aromatic carbocycles. The van der Waals surface area contributed by atoms with E-state index in [1.165, 1.54) is 0 Å². The number of nitrogen functional groups attached to an aromatic ring is 1. The predicted octanol–water partition coefficient (Wildman–Crippen LogP) is 2.50. The first-order chi connectivity index (χ1) is 10.3. The van der Waals surface area contributed by atoms with Crippen molar-refractivity contribution >= 4 is 28.7 Å². The van der Waals surface area contributed by atoms with E-state index < -0.39 is 0 Å². The first-order valence-electron chi connectivity index (χ1n) is 7.62. The van der Waals surface area contributed by atoms with Crippen molar-refractivity contribution in [2.45, 2.75) is 46.3 Å². The third-order valence-electron chi connectivity index (χ3n) is 5.29. The normalized spacial score (nSPS) is 25.1. The van der Waals surface area contributed by atoms with Gasteiger partial charge in [0.2, 0.25) is 5.95 Å². The van der Waals surface area contributed by atoms with E-state index >= 15 is 0 Å². The molecule has 1 aliphatic carbocycles. The van der Waals surface area contributed by atoms with E-state index in [2.05, 4.69) is 28.8 Å². The van der Waals surface area contributed by atoms with Crippen LogP contribution < -0.4 is 5.73 Å². The molecule has 1 saturated carbocycles. The average Bonchev–Trinajstić information content (AvgIpc) is 2.80. The molecular weight excluding hydrogens is 302 g/mol. The van der Waals surface area contributed by atoms with Crippen LogP contribution in [0, 0.1) is 17.3 Å². The Hall–Kier alpha value is -1.40. The Morgan fingerprint density at radius 3 is 2.86 bits per heavy atom. The molecule has 0 amide bonds. The van der Waals surface area contributed by atoms with Crippen molar-refractivity contribution < 1.29 is 5.11 Å². The highest BCUT2D eigenvalue weighted by atomic mass is 35.5. The van der Waals surface area contributed by atoms with Gasteiger partial charge in [-0.15, -0.1) is 0 Å². The highest BCUT2D eigenvalue weighted by Crippen LogP contribution is 2.54. The maximum absolute atomic E-state index is 9.82. The number of nitrogens with two attached hydrogens (primary N) is 1. The van der Waals surface area contributed by atoms with Crippen LogP contribution in [0.4, 0.5) is 5.95 Å². The standard InChI is InChI=1S/C15H22ClN5O/c1-8(22)10-6-9(15(10,2)3)4-5-21-7-18-11-12(16)19-14(17)20-13(11)21/h7-10,22H,4-6H2,1-3H3,(H2,17,19,20)/t8-,9+,10+/m1/s1. The molecule has 2 aromatic rings. The maximum atomic E-state index is 9.82. The molecule has 120 valence electrons. The summed E-state index contributed by atoms with van der Waals surface area (Å²) in [5.74, 6) is 1.13. The highest BCUT2D eigenvalue weighted by Gasteiger charge is 2.49. The van der Waals surface area contributed by atoms with E-state index in [0.717, 1.165) is 19.4 Å². The van der Waals surface area contributed by atoms with E-state index in [1.807, 2.05) is 11.5 Å². The van der Waals surface area contributed by atoms with E-state index in [1.54, 1.807) is 6.33 Å². The molecule has 0 unspecified atom stereocenters. The number of nitrogens with zero attached hydrogens (tertiary/aromatic N) is 4. The van der Waals surface area contributed by atoms with Crippen LogP contribution in [-0.4, -0.2) is 30.7 Å². The monoisotopic (exact) mass is 323 g/mol. The van der Waals surface area contributed by atoms with Crippen LogP contribution in [0.3, 0.4) is 0 Å². The zero-order valence-corrected chi connectivity index (χ0v) is 13.9. The second-order valence-electron chi connectivity index (χ2n) is 6.87. The predicted molar refractivity (Wildman–Crippen MR) is 86.4 cm³/mol. The molecule has 0 aliphatic heterocycles. The summed E-state index contributed by atoms with van der Waals surface area (Å²) in [5.41, 5.74) is 7.10. The first kappa shape index (κ1) is 15.5. The number of hydrogen-bond donors (Lipinski definition) is 2. The average molecular weight is 324 g/mol. The molecule has 2 aromatic heterocycles. The van der Waals surface area contributed by atoms with E-state index in [4.69, 9.17) is 17.3 Å². The summed E-state index contributed by atoms with van der Waals surface area (Å²) < 4.78 is 1.98. The Kier molecular flexibility index (Phi) is 3.77. The molecule has 0 spiro atoms. The second kappa shape index (κ2) is 5.35. The molecule has 22 heavy (non-hydrogen) atoms. The van der Waals surface area contributed by atoms with Crippen LogP contribution in [0.1, 0.15) is 33.6 Å². The van der Waals surface area contributed by atoms with Crippen molar-refractivity contribution in [2.75, 3.05) is 5.73 Å². The molecule has 3 atom stereocenters. The molecule has 3 rings (SSSR count). The topological polar surface area (TPSA) is 89.8 Å². The van der Waals surface area contributed by atoms with Gasteiger partial charge in [0.25, 0.3) is 0 Å². The van der Waals surface area contributed by atoms with Gasteiger partial charge < -0.3 is 15.4 Å². The minimum absolute atomic E-state index is 0.163. The minimum atomic E-state index is -0.244. The third kappa shape index (κ3) is 2.44. The summed E-state index contributed by atoms with van der Waals surface area (Å²) in [6, 6.07) is 0. The van der Waals surface area contributed by atoms with Crippen molar-refractivity contribution in [2.24, 2.45) is 17.3 Å². The second-order valence-corrected chi connectivity index (χ2v) is 7.23. The molecule has 0 bridgehead atoms. The smallest absolute Gasteiger partial charge is 0.223 e. The van der Waals surface area contributed by atoms with Gasteiger partial charge in [0, 0.05) is 6.54 Å². The molecule has 3 N–H and O–H groups in total. The molecular formula is C15H22ClN5O. The van der Waals surface area contributed by atoms with Crippen LogP contribution in [0.5, 0.6) is 0 Å². The third-order valence-corrected chi connectivity index (χ3v) is 5.55. The molecule has 0 radical (unpaired) electrons. The fourth-order valence-electron chi connectivity index (χ4n) is 3.75. The first-order valence-corrected chi connectivity index (χ1v) is 8.00. The molecule has 1 aliphatic rings. The number of rotatable bonds is 4. The summed E-state index contributed by atoms with van der Waals surface area (Å²) in [6.45, 7) is 7.17. The zero-order chi connectivity index (χ0) is 16.1. The zero-order valence-electron chi connectivity index (χ0n) is 13.1. The Bertz CT molecular complexity index is 697. The van der Waals surface area contributed by atoms with Gasteiger partial charge in [-0.25, -0.2) is 4.98 Å². The van der Waals surface area contributed by atoms with Crippen LogP contribution in [-0.2, 0) is 6.54 Å². The fraction of sp³-hybridized carbons (Fsp3) is 0.667. The van der Waals surface area contributed by atoms with Gasteiger partial charge in [0.05, 0.1) is 12.4 Å². The molecule has 0 saturated heterocycles.